The molecule has 1 atom stereocenters. The highest BCUT2D eigenvalue weighted by atomic mass is 16.5. The fourth-order valence-electron chi connectivity index (χ4n) is 1.06. The molecule has 0 saturated heterocycles. The van der Waals surface area contributed by atoms with E-state index >= 15 is 0 Å². The fourth-order valence-corrected chi connectivity index (χ4v) is 1.06. The van der Waals surface area contributed by atoms with Crippen LogP contribution in [0, 0.1) is 0 Å². The number of aromatic nitrogens is 1. The van der Waals surface area contributed by atoms with Crippen molar-refractivity contribution >= 4 is 0 Å². The third-order valence-electron chi connectivity index (χ3n) is 1.69. The molecule has 0 aliphatic carbocycles. The molecule has 0 saturated carbocycles. The fraction of sp³-hybridized carbons (Fsp3) is 0.444. The maximum absolute atomic E-state index is 5.25. The standard InChI is InChI=1S/C9H14N2O/c1-10-7-9(12-2)8-5-3-4-6-11-8/h3-6,9-10H,7H2,1-2H3. The molecule has 0 aliphatic heterocycles. The predicted octanol–water partition coefficient (Wildman–Crippen LogP) is 0.988. The van der Waals surface area contributed by atoms with Crippen molar-refractivity contribution in [3.05, 3.63) is 30.1 Å². The van der Waals surface area contributed by atoms with Gasteiger partial charge in [-0.1, -0.05) is 6.07 Å². The molecule has 1 rings (SSSR count). The summed E-state index contributed by atoms with van der Waals surface area (Å²) >= 11 is 0. The summed E-state index contributed by atoms with van der Waals surface area (Å²) in [5.74, 6) is 0. The molecule has 3 heteroatoms. The van der Waals surface area contributed by atoms with Crippen molar-refractivity contribution in [3.8, 4) is 0 Å². The molecule has 0 fully saturated rings. The Labute approximate surface area is 72.8 Å². The van der Waals surface area contributed by atoms with Gasteiger partial charge in [-0.15, -0.1) is 0 Å². The highest BCUT2D eigenvalue weighted by molar-refractivity contribution is 5.07. The molecular formula is C9H14N2O. The van der Waals surface area contributed by atoms with Gasteiger partial charge in [0.15, 0.2) is 0 Å². The molecule has 1 N–H and O–H groups in total. The van der Waals surface area contributed by atoms with Gasteiger partial charge in [0.1, 0.15) is 6.10 Å². The maximum Gasteiger partial charge on any atom is 0.111 e. The van der Waals surface area contributed by atoms with Crippen LogP contribution in [0.3, 0.4) is 0 Å². The minimum Gasteiger partial charge on any atom is -0.374 e. The topological polar surface area (TPSA) is 34.1 Å². The minimum absolute atomic E-state index is 0.0520. The Hall–Kier alpha value is -0.930. The van der Waals surface area contributed by atoms with E-state index in [9.17, 15) is 0 Å². The van der Waals surface area contributed by atoms with E-state index in [0.29, 0.717) is 0 Å². The summed E-state index contributed by atoms with van der Waals surface area (Å²) in [4.78, 5) is 4.20. The van der Waals surface area contributed by atoms with Gasteiger partial charge in [-0.05, 0) is 19.2 Å². The quantitative estimate of drug-likeness (QED) is 0.724. The first-order valence-corrected chi connectivity index (χ1v) is 3.96. The van der Waals surface area contributed by atoms with Gasteiger partial charge in [-0.3, -0.25) is 4.98 Å². The van der Waals surface area contributed by atoms with Crippen LogP contribution in [0.1, 0.15) is 11.8 Å². The average molecular weight is 166 g/mol. The summed E-state index contributed by atoms with van der Waals surface area (Å²) in [6.07, 6.45) is 1.83. The van der Waals surface area contributed by atoms with E-state index in [2.05, 4.69) is 10.3 Å². The number of ether oxygens (including phenoxy) is 1. The van der Waals surface area contributed by atoms with Crippen LogP contribution >= 0.6 is 0 Å². The van der Waals surface area contributed by atoms with Crippen LogP contribution in [0.2, 0.25) is 0 Å². The number of nitrogens with zero attached hydrogens (tertiary/aromatic N) is 1. The van der Waals surface area contributed by atoms with Gasteiger partial charge in [-0.25, -0.2) is 0 Å². The lowest BCUT2D eigenvalue weighted by Gasteiger charge is -2.13. The highest BCUT2D eigenvalue weighted by Gasteiger charge is 2.08. The normalized spacial score (nSPS) is 12.8. The Balaban J connectivity index is 2.66. The molecule has 0 bridgehead atoms. The van der Waals surface area contributed by atoms with Crippen molar-refractivity contribution in [2.45, 2.75) is 6.10 Å². The van der Waals surface area contributed by atoms with Crippen LogP contribution < -0.4 is 5.32 Å². The number of likely N-dealkylation sites (N-methyl/N-ethyl adjacent to an activating group) is 1. The summed E-state index contributed by atoms with van der Waals surface area (Å²) in [5, 5.41) is 3.05. The Kier molecular flexibility index (Phi) is 3.70. The minimum atomic E-state index is 0.0520. The molecule has 12 heavy (non-hydrogen) atoms. The van der Waals surface area contributed by atoms with Gasteiger partial charge >= 0.3 is 0 Å². The summed E-state index contributed by atoms with van der Waals surface area (Å²) in [5.41, 5.74) is 0.967. The van der Waals surface area contributed by atoms with Crippen molar-refractivity contribution in [1.82, 2.24) is 10.3 Å². The van der Waals surface area contributed by atoms with Gasteiger partial charge in [-0.2, -0.15) is 0 Å². The summed E-state index contributed by atoms with van der Waals surface area (Å²) in [6.45, 7) is 0.785. The molecule has 0 aromatic carbocycles. The number of methoxy groups -OCH3 is 1. The first-order chi connectivity index (χ1) is 5.88. The summed E-state index contributed by atoms with van der Waals surface area (Å²) in [7, 11) is 3.59. The van der Waals surface area contributed by atoms with Crippen LogP contribution in [0.15, 0.2) is 24.4 Å². The zero-order valence-electron chi connectivity index (χ0n) is 7.45. The first kappa shape index (κ1) is 9.16. The summed E-state index contributed by atoms with van der Waals surface area (Å²) < 4.78 is 5.25. The Morgan fingerprint density at radius 2 is 2.42 bits per heavy atom. The van der Waals surface area contributed by atoms with E-state index in [0.717, 1.165) is 12.2 Å². The molecular weight excluding hydrogens is 152 g/mol. The van der Waals surface area contributed by atoms with Gasteiger partial charge in [0, 0.05) is 19.9 Å². The molecule has 0 amide bonds. The second-order valence-electron chi connectivity index (χ2n) is 2.54. The Morgan fingerprint density at radius 3 is 2.92 bits per heavy atom. The SMILES string of the molecule is CNCC(OC)c1ccccn1. The maximum atomic E-state index is 5.25. The predicted molar refractivity (Wildman–Crippen MR) is 47.9 cm³/mol. The lowest BCUT2D eigenvalue weighted by atomic mass is 10.2. The van der Waals surface area contributed by atoms with E-state index in [1.165, 1.54) is 0 Å². The van der Waals surface area contributed by atoms with Gasteiger partial charge in [0.05, 0.1) is 5.69 Å². The molecule has 1 aromatic rings. The second-order valence-corrected chi connectivity index (χ2v) is 2.54. The van der Waals surface area contributed by atoms with E-state index in [-0.39, 0.29) is 6.10 Å². The molecule has 1 unspecified atom stereocenters. The third kappa shape index (κ3) is 2.29. The highest BCUT2D eigenvalue weighted by Crippen LogP contribution is 2.11. The second kappa shape index (κ2) is 4.85. The van der Waals surface area contributed by atoms with Crippen molar-refractivity contribution in [2.24, 2.45) is 0 Å². The molecule has 0 spiro atoms. The smallest absolute Gasteiger partial charge is 0.111 e. The Bertz CT molecular complexity index is 213. The van der Waals surface area contributed by atoms with E-state index in [1.54, 1.807) is 13.3 Å². The molecule has 1 aromatic heterocycles. The zero-order chi connectivity index (χ0) is 8.81. The molecule has 1 heterocycles. The van der Waals surface area contributed by atoms with Crippen LogP contribution in [0.4, 0.5) is 0 Å². The Morgan fingerprint density at radius 1 is 1.58 bits per heavy atom. The monoisotopic (exact) mass is 166 g/mol. The average Bonchev–Trinajstić information content (AvgIpc) is 2.15. The molecule has 0 aliphatic rings. The lowest BCUT2D eigenvalue weighted by Crippen LogP contribution is -2.19. The summed E-state index contributed by atoms with van der Waals surface area (Å²) in [6, 6.07) is 5.82. The van der Waals surface area contributed by atoms with Gasteiger partial charge < -0.3 is 10.1 Å². The van der Waals surface area contributed by atoms with E-state index < -0.39 is 0 Å². The number of pyridine rings is 1. The molecule has 3 nitrogen and oxygen atoms in total. The van der Waals surface area contributed by atoms with Gasteiger partial charge in [0.2, 0.25) is 0 Å². The largest absolute Gasteiger partial charge is 0.374 e. The van der Waals surface area contributed by atoms with E-state index in [4.69, 9.17) is 4.74 Å². The van der Waals surface area contributed by atoms with Gasteiger partial charge in [0.25, 0.3) is 0 Å². The van der Waals surface area contributed by atoms with Crippen molar-refractivity contribution in [3.63, 3.8) is 0 Å². The number of hydrogen-bond acceptors (Lipinski definition) is 3. The lowest BCUT2D eigenvalue weighted by molar-refractivity contribution is 0.101. The molecule has 0 radical (unpaired) electrons. The first-order valence-electron chi connectivity index (χ1n) is 3.96. The van der Waals surface area contributed by atoms with E-state index in [1.807, 2.05) is 25.2 Å². The van der Waals surface area contributed by atoms with Crippen LogP contribution in [-0.4, -0.2) is 25.7 Å². The number of hydrogen-bond donors (Lipinski definition) is 1. The number of rotatable bonds is 4. The zero-order valence-corrected chi connectivity index (χ0v) is 7.45. The van der Waals surface area contributed by atoms with Crippen molar-refractivity contribution < 1.29 is 4.74 Å². The van der Waals surface area contributed by atoms with Crippen LogP contribution in [0.5, 0.6) is 0 Å². The third-order valence-corrected chi connectivity index (χ3v) is 1.69. The van der Waals surface area contributed by atoms with Crippen molar-refractivity contribution in [1.29, 1.82) is 0 Å². The molecule has 66 valence electrons. The van der Waals surface area contributed by atoms with Crippen LogP contribution in [0.25, 0.3) is 0 Å². The van der Waals surface area contributed by atoms with Crippen LogP contribution in [-0.2, 0) is 4.74 Å². The van der Waals surface area contributed by atoms with Crippen molar-refractivity contribution in [2.75, 3.05) is 20.7 Å². The number of nitrogens with one attached hydrogen (secondary N) is 1.